The Balaban J connectivity index is 2.25. The SMILES string of the molecule is COCCO[SiH2]c1ccc(O)cc1. The molecule has 3 nitrogen and oxygen atoms in total. The second-order valence-corrected chi connectivity index (χ2v) is 4.23. The van der Waals surface area contributed by atoms with Gasteiger partial charge >= 0.3 is 0 Å². The summed E-state index contributed by atoms with van der Waals surface area (Å²) in [6, 6.07) is 7.16. The Labute approximate surface area is 80.2 Å². The van der Waals surface area contributed by atoms with Crippen molar-refractivity contribution >= 4 is 14.9 Å². The minimum Gasteiger partial charge on any atom is -0.508 e. The number of ether oxygens (including phenoxy) is 1. The van der Waals surface area contributed by atoms with E-state index < -0.39 is 9.76 Å². The van der Waals surface area contributed by atoms with Crippen molar-refractivity contribution < 1.29 is 14.3 Å². The average molecular weight is 198 g/mol. The summed E-state index contributed by atoms with van der Waals surface area (Å²) in [5, 5.41) is 10.2. The Kier molecular flexibility index (Phi) is 4.52. The van der Waals surface area contributed by atoms with Gasteiger partial charge in [0.1, 0.15) is 5.75 Å². The van der Waals surface area contributed by atoms with E-state index in [9.17, 15) is 0 Å². The molecule has 0 saturated carbocycles. The first-order valence-corrected chi connectivity index (χ1v) is 5.46. The van der Waals surface area contributed by atoms with Gasteiger partial charge < -0.3 is 14.3 Å². The van der Waals surface area contributed by atoms with Crippen molar-refractivity contribution in [3.8, 4) is 5.75 Å². The van der Waals surface area contributed by atoms with Gasteiger partial charge in [0.05, 0.1) is 13.2 Å². The highest BCUT2D eigenvalue weighted by Crippen LogP contribution is 2.02. The maximum atomic E-state index is 9.02. The van der Waals surface area contributed by atoms with Crippen LogP contribution in [0.25, 0.3) is 0 Å². The third kappa shape index (κ3) is 4.07. The van der Waals surface area contributed by atoms with Crippen molar-refractivity contribution in [3.63, 3.8) is 0 Å². The van der Waals surface area contributed by atoms with E-state index in [1.54, 1.807) is 19.2 Å². The molecule has 0 unspecified atom stereocenters. The van der Waals surface area contributed by atoms with Crippen LogP contribution in [-0.2, 0) is 9.16 Å². The van der Waals surface area contributed by atoms with E-state index in [0.717, 1.165) is 0 Å². The van der Waals surface area contributed by atoms with Crippen molar-refractivity contribution in [2.75, 3.05) is 20.3 Å². The van der Waals surface area contributed by atoms with E-state index in [1.807, 2.05) is 12.1 Å². The van der Waals surface area contributed by atoms with Crippen LogP contribution in [-0.4, -0.2) is 35.2 Å². The van der Waals surface area contributed by atoms with E-state index in [1.165, 1.54) is 5.19 Å². The zero-order valence-electron chi connectivity index (χ0n) is 7.69. The quantitative estimate of drug-likeness (QED) is 0.524. The lowest BCUT2D eigenvalue weighted by atomic mass is 10.3. The topological polar surface area (TPSA) is 38.7 Å². The van der Waals surface area contributed by atoms with Crippen LogP contribution >= 0.6 is 0 Å². The van der Waals surface area contributed by atoms with Crippen molar-refractivity contribution in [3.05, 3.63) is 24.3 Å². The Hall–Kier alpha value is -0.843. The molecule has 0 bridgehead atoms. The summed E-state index contributed by atoms with van der Waals surface area (Å²) >= 11 is 0. The summed E-state index contributed by atoms with van der Waals surface area (Å²) in [5.41, 5.74) is 0. The highest BCUT2D eigenvalue weighted by molar-refractivity contribution is 6.46. The van der Waals surface area contributed by atoms with E-state index in [-0.39, 0.29) is 0 Å². The third-order valence-electron chi connectivity index (χ3n) is 1.64. The number of rotatable bonds is 5. The van der Waals surface area contributed by atoms with E-state index >= 15 is 0 Å². The highest BCUT2D eigenvalue weighted by Gasteiger charge is 1.94. The number of hydrogen-bond donors (Lipinski definition) is 1. The normalized spacial score (nSPS) is 11.2. The standard InChI is InChI=1S/C9H14O3Si/c1-11-6-7-12-13-9-4-2-8(10)3-5-9/h2-5,10H,6-7,13H2,1H3. The first-order valence-electron chi connectivity index (χ1n) is 4.17. The summed E-state index contributed by atoms with van der Waals surface area (Å²) < 4.78 is 10.3. The number of aromatic hydroxyl groups is 1. The molecular weight excluding hydrogens is 184 g/mol. The lowest BCUT2D eigenvalue weighted by Crippen LogP contribution is -2.18. The monoisotopic (exact) mass is 198 g/mol. The molecule has 0 spiro atoms. The van der Waals surface area contributed by atoms with Gasteiger partial charge in [-0.15, -0.1) is 0 Å². The smallest absolute Gasteiger partial charge is 0.192 e. The van der Waals surface area contributed by atoms with Gasteiger partial charge in [0, 0.05) is 7.11 Å². The van der Waals surface area contributed by atoms with Gasteiger partial charge in [-0.25, -0.2) is 0 Å². The first-order chi connectivity index (χ1) is 6.33. The predicted molar refractivity (Wildman–Crippen MR) is 54.1 cm³/mol. The van der Waals surface area contributed by atoms with Crippen LogP contribution < -0.4 is 5.19 Å². The molecule has 4 heteroatoms. The molecule has 0 aliphatic heterocycles. The second-order valence-electron chi connectivity index (χ2n) is 2.71. The Morgan fingerprint density at radius 1 is 1.23 bits per heavy atom. The van der Waals surface area contributed by atoms with Crippen LogP contribution in [0.5, 0.6) is 5.75 Å². The molecule has 0 saturated heterocycles. The summed E-state index contributed by atoms with van der Waals surface area (Å²) in [4.78, 5) is 0. The molecule has 0 amide bonds. The molecule has 0 heterocycles. The van der Waals surface area contributed by atoms with Gasteiger partial charge in [0.2, 0.25) is 0 Å². The molecule has 1 N–H and O–H groups in total. The van der Waals surface area contributed by atoms with Crippen molar-refractivity contribution in [1.82, 2.24) is 0 Å². The molecule has 0 aliphatic rings. The fourth-order valence-electron chi connectivity index (χ4n) is 0.924. The summed E-state index contributed by atoms with van der Waals surface area (Å²) in [7, 11) is 1.02. The van der Waals surface area contributed by atoms with Gasteiger partial charge in [0.15, 0.2) is 9.76 Å². The van der Waals surface area contributed by atoms with Crippen LogP contribution in [0.1, 0.15) is 0 Å². The second kappa shape index (κ2) is 5.74. The predicted octanol–water partition coefficient (Wildman–Crippen LogP) is -0.236. The Morgan fingerprint density at radius 2 is 1.92 bits per heavy atom. The summed E-state index contributed by atoms with van der Waals surface area (Å²) in [6.07, 6.45) is 0. The van der Waals surface area contributed by atoms with Crippen molar-refractivity contribution in [2.45, 2.75) is 0 Å². The molecular formula is C9H14O3Si. The maximum absolute atomic E-state index is 9.02. The van der Waals surface area contributed by atoms with Gasteiger partial charge in [-0.1, -0.05) is 12.1 Å². The first kappa shape index (κ1) is 10.2. The molecule has 0 aromatic heterocycles. The Bertz CT molecular complexity index is 235. The van der Waals surface area contributed by atoms with Gasteiger partial charge in [-0.2, -0.15) is 0 Å². The molecule has 1 aromatic rings. The largest absolute Gasteiger partial charge is 0.508 e. The number of benzene rings is 1. The van der Waals surface area contributed by atoms with E-state index in [0.29, 0.717) is 19.0 Å². The number of hydrogen-bond acceptors (Lipinski definition) is 3. The minimum absolute atomic E-state index is 0.301. The molecule has 0 aliphatic carbocycles. The minimum atomic E-state index is -0.639. The fraction of sp³-hybridized carbons (Fsp3) is 0.333. The van der Waals surface area contributed by atoms with E-state index in [4.69, 9.17) is 14.3 Å². The van der Waals surface area contributed by atoms with E-state index in [2.05, 4.69) is 0 Å². The lowest BCUT2D eigenvalue weighted by molar-refractivity contribution is 0.150. The molecule has 72 valence electrons. The van der Waals surface area contributed by atoms with Crippen molar-refractivity contribution in [2.24, 2.45) is 0 Å². The molecule has 0 radical (unpaired) electrons. The number of methoxy groups -OCH3 is 1. The molecule has 0 atom stereocenters. The maximum Gasteiger partial charge on any atom is 0.192 e. The average Bonchev–Trinajstić information content (AvgIpc) is 2.15. The molecule has 1 aromatic carbocycles. The molecule has 13 heavy (non-hydrogen) atoms. The fourth-order valence-corrected chi connectivity index (χ4v) is 1.85. The van der Waals surface area contributed by atoms with Crippen molar-refractivity contribution in [1.29, 1.82) is 0 Å². The zero-order chi connectivity index (χ0) is 9.52. The summed E-state index contributed by atoms with van der Waals surface area (Å²) in [5.74, 6) is 0.301. The van der Waals surface area contributed by atoms with Gasteiger partial charge in [-0.3, -0.25) is 0 Å². The molecule has 1 rings (SSSR count). The van der Waals surface area contributed by atoms with Crippen LogP contribution in [0.15, 0.2) is 24.3 Å². The number of phenolic OH excluding ortho intramolecular Hbond substituents is 1. The van der Waals surface area contributed by atoms with Crippen LogP contribution in [0, 0.1) is 0 Å². The molecule has 0 fully saturated rings. The van der Waals surface area contributed by atoms with Crippen LogP contribution in [0.2, 0.25) is 0 Å². The highest BCUT2D eigenvalue weighted by atomic mass is 28.2. The van der Waals surface area contributed by atoms with Gasteiger partial charge in [0.25, 0.3) is 0 Å². The Morgan fingerprint density at radius 3 is 2.54 bits per heavy atom. The van der Waals surface area contributed by atoms with Gasteiger partial charge in [-0.05, 0) is 17.3 Å². The third-order valence-corrected chi connectivity index (χ3v) is 2.93. The lowest BCUT2D eigenvalue weighted by Gasteiger charge is -2.02. The zero-order valence-corrected chi connectivity index (χ0v) is 9.11. The van der Waals surface area contributed by atoms with Crippen LogP contribution in [0.4, 0.5) is 0 Å². The summed E-state index contributed by atoms with van der Waals surface area (Å²) in [6.45, 7) is 1.30. The number of phenols is 1. The van der Waals surface area contributed by atoms with Crippen LogP contribution in [0.3, 0.4) is 0 Å².